The first-order valence-electron chi connectivity index (χ1n) is 6.76. The van der Waals surface area contributed by atoms with Crippen LogP contribution in [0.3, 0.4) is 0 Å². The number of urea groups is 1. The van der Waals surface area contributed by atoms with E-state index in [1.54, 1.807) is 6.92 Å². The Morgan fingerprint density at radius 2 is 2.11 bits per heavy atom. The van der Waals surface area contributed by atoms with Crippen molar-refractivity contribution in [1.82, 2.24) is 10.6 Å². The van der Waals surface area contributed by atoms with Crippen molar-refractivity contribution >= 4 is 12.0 Å². The Labute approximate surface area is 108 Å². The standard InChI is InChI=1S/C13H24N2O3/c1-9-4-3-5-11(8-9)15-13(18)14-7-6-10(2)12(16)17/h9-11H,3-8H2,1-2H3,(H,16,17)(H2,14,15,18). The van der Waals surface area contributed by atoms with Crippen molar-refractivity contribution in [1.29, 1.82) is 0 Å². The highest BCUT2D eigenvalue weighted by atomic mass is 16.4. The molecule has 5 heteroatoms. The number of hydrogen-bond acceptors (Lipinski definition) is 2. The molecule has 2 amide bonds. The summed E-state index contributed by atoms with van der Waals surface area (Å²) in [5, 5.41) is 14.4. The summed E-state index contributed by atoms with van der Waals surface area (Å²) in [5.41, 5.74) is 0. The molecule has 1 rings (SSSR count). The second-order valence-electron chi connectivity index (χ2n) is 5.40. The number of hydrogen-bond donors (Lipinski definition) is 3. The molecule has 1 aliphatic rings. The normalized spacial score (nSPS) is 25.2. The fourth-order valence-electron chi connectivity index (χ4n) is 2.33. The van der Waals surface area contributed by atoms with Crippen LogP contribution in [-0.2, 0) is 4.79 Å². The molecule has 3 atom stereocenters. The van der Waals surface area contributed by atoms with Gasteiger partial charge in [0.25, 0.3) is 0 Å². The summed E-state index contributed by atoms with van der Waals surface area (Å²) < 4.78 is 0. The van der Waals surface area contributed by atoms with E-state index in [-0.39, 0.29) is 12.1 Å². The number of nitrogens with one attached hydrogen (secondary N) is 2. The number of carboxylic acids is 1. The Hall–Kier alpha value is -1.26. The van der Waals surface area contributed by atoms with Crippen LogP contribution in [0, 0.1) is 11.8 Å². The van der Waals surface area contributed by atoms with Crippen molar-refractivity contribution in [3.8, 4) is 0 Å². The zero-order valence-corrected chi connectivity index (χ0v) is 11.2. The lowest BCUT2D eigenvalue weighted by molar-refractivity contribution is -0.141. The Morgan fingerprint density at radius 3 is 2.72 bits per heavy atom. The first-order chi connectivity index (χ1) is 8.49. The SMILES string of the molecule is CC1CCCC(NC(=O)NCCC(C)C(=O)O)C1. The highest BCUT2D eigenvalue weighted by Crippen LogP contribution is 2.23. The predicted molar refractivity (Wildman–Crippen MR) is 69.4 cm³/mol. The molecule has 0 aliphatic heterocycles. The van der Waals surface area contributed by atoms with Gasteiger partial charge in [-0.3, -0.25) is 4.79 Å². The molecule has 1 saturated carbocycles. The molecule has 0 spiro atoms. The van der Waals surface area contributed by atoms with Crippen LogP contribution in [0.15, 0.2) is 0 Å². The molecular formula is C13H24N2O3. The molecule has 3 unspecified atom stereocenters. The first kappa shape index (κ1) is 14.8. The van der Waals surface area contributed by atoms with Crippen LogP contribution in [0.1, 0.15) is 46.0 Å². The van der Waals surface area contributed by atoms with Crippen molar-refractivity contribution < 1.29 is 14.7 Å². The molecule has 3 N–H and O–H groups in total. The molecule has 1 fully saturated rings. The summed E-state index contributed by atoms with van der Waals surface area (Å²) in [6.45, 7) is 4.26. The first-order valence-corrected chi connectivity index (χ1v) is 6.76. The summed E-state index contributed by atoms with van der Waals surface area (Å²) in [7, 11) is 0. The summed E-state index contributed by atoms with van der Waals surface area (Å²) in [5.74, 6) is -0.561. The van der Waals surface area contributed by atoms with Gasteiger partial charge < -0.3 is 15.7 Å². The Bertz CT molecular complexity index is 294. The van der Waals surface area contributed by atoms with Gasteiger partial charge in [-0.1, -0.05) is 26.7 Å². The summed E-state index contributed by atoms with van der Waals surface area (Å²) >= 11 is 0. The van der Waals surface area contributed by atoms with Gasteiger partial charge in [-0.2, -0.15) is 0 Å². The van der Waals surface area contributed by atoms with E-state index in [4.69, 9.17) is 5.11 Å². The number of aliphatic carboxylic acids is 1. The predicted octanol–water partition coefficient (Wildman–Crippen LogP) is 1.98. The maximum absolute atomic E-state index is 11.6. The maximum Gasteiger partial charge on any atom is 0.315 e. The minimum atomic E-state index is -0.821. The minimum absolute atomic E-state index is 0.174. The molecule has 0 aromatic carbocycles. The van der Waals surface area contributed by atoms with Gasteiger partial charge in [-0.25, -0.2) is 4.79 Å². The topological polar surface area (TPSA) is 78.4 Å². The van der Waals surface area contributed by atoms with Gasteiger partial charge in [-0.05, 0) is 25.2 Å². The van der Waals surface area contributed by atoms with Crippen molar-refractivity contribution in [2.24, 2.45) is 11.8 Å². The Kier molecular flexibility index (Phi) is 5.95. The van der Waals surface area contributed by atoms with Gasteiger partial charge in [0, 0.05) is 12.6 Å². The third-order valence-electron chi connectivity index (χ3n) is 3.56. The molecule has 0 aromatic heterocycles. The summed E-state index contributed by atoms with van der Waals surface area (Å²) in [6, 6.07) is 0.0948. The molecule has 0 heterocycles. The second-order valence-corrected chi connectivity index (χ2v) is 5.40. The molecule has 5 nitrogen and oxygen atoms in total. The highest BCUT2D eigenvalue weighted by molar-refractivity contribution is 5.74. The van der Waals surface area contributed by atoms with Crippen molar-refractivity contribution in [2.45, 2.75) is 52.0 Å². The lowest BCUT2D eigenvalue weighted by atomic mass is 9.87. The van der Waals surface area contributed by atoms with Crippen molar-refractivity contribution in [3.63, 3.8) is 0 Å². The van der Waals surface area contributed by atoms with E-state index in [1.807, 2.05) is 0 Å². The van der Waals surface area contributed by atoms with Crippen LogP contribution in [0.2, 0.25) is 0 Å². The highest BCUT2D eigenvalue weighted by Gasteiger charge is 2.20. The van der Waals surface area contributed by atoms with Gasteiger partial charge in [0.15, 0.2) is 0 Å². The van der Waals surface area contributed by atoms with E-state index < -0.39 is 11.9 Å². The quantitative estimate of drug-likeness (QED) is 0.703. The monoisotopic (exact) mass is 256 g/mol. The number of carbonyl (C=O) groups is 2. The van der Waals surface area contributed by atoms with Crippen LogP contribution in [0.4, 0.5) is 4.79 Å². The number of amides is 2. The van der Waals surface area contributed by atoms with Gasteiger partial charge in [0.2, 0.25) is 0 Å². The fraction of sp³-hybridized carbons (Fsp3) is 0.846. The van der Waals surface area contributed by atoms with Crippen LogP contribution in [0.5, 0.6) is 0 Å². The molecule has 0 aromatic rings. The molecular weight excluding hydrogens is 232 g/mol. The van der Waals surface area contributed by atoms with Crippen LogP contribution in [0.25, 0.3) is 0 Å². The maximum atomic E-state index is 11.6. The third kappa shape index (κ3) is 5.38. The third-order valence-corrected chi connectivity index (χ3v) is 3.56. The number of carboxylic acid groups (broad SMARTS) is 1. The molecule has 104 valence electrons. The minimum Gasteiger partial charge on any atom is -0.481 e. The Balaban J connectivity index is 2.15. The van der Waals surface area contributed by atoms with Gasteiger partial charge in [0.1, 0.15) is 0 Å². The molecule has 18 heavy (non-hydrogen) atoms. The van der Waals surface area contributed by atoms with E-state index in [0.29, 0.717) is 18.9 Å². The molecule has 1 aliphatic carbocycles. The largest absolute Gasteiger partial charge is 0.481 e. The second kappa shape index (κ2) is 7.24. The number of rotatable bonds is 5. The van der Waals surface area contributed by atoms with Crippen LogP contribution in [-0.4, -0.2) is 29.7 Å². The van der Waals surface area contributed by atoms with Crippen LogP contribution >= 0.6 is 0 Å². The average molecular weight is 256 g/mol. The van der Waals surface area contributed by atoms with E-state index in [2.05, 4.69) is 17.6 Å². The van der Waals surface area contributed by atoms with E-state index >= 15 is 0 Å². The molecule has 0 bridgehead atoms. The van der Waals surface area contributed by atoms with Crippen LogP contribution < -0.4 is 10.6 Å². The fourth-order valence-corrected chi connectivity index (χ4v) is 2.33. The van der Waals surface area contributed by atoms with Gasteiger partial charge >= 0.3 is 12.0 Å². The average Bonchev–Trinajstić information content (AvgIpc) is 2.28. The lowest BCUT2D eigenvalue weighted by Crippen LogP contribution is -2.44. The lowest BCUT2D eigenvalue weighted by Gasteiger charge is -2.27. The summed E-state index contributed by atoms with van der Waals surface area (Å²) in [4.78, 5) is 22.2. The van der Waals surface area contributed by atoms with E-state index in [0.717, 1.165) is 12.8 Å². The number of carbonyl (C=O) groups excluding carboxylic acids is 1. The Morgan fingerprint density at radius 1 is 1.39 bits per heavy atom. The molecule has 0 saturated heterocycles. The van der Waals surface area contributed by atoms with E-state index in [1.165, 1.54) is 12.8 Å². The van der Waals surface area contributed by atoms with Gasteiger partial charge in [0.05, 0.1) is 5.92 Å². The molecule has 0 radical (unpaired) electrons. The zero-order chi connectivity index (χ0) is 13.5. The van der Waals surface area contributed by atoms with Gasteiger partial charge in [-0.15, -0.1) is 0 Å². The van der Waals surface area contributed by atoms with Crippen molar-refractivity contribution in [3.05, 3.63) is 0 Å². The zero-order valence-electron chi connectivity index (χ0n) is 11.2. The smallest absolute Gasteiger partial charge is 0.315 e. The van der Waals surface area contributed by atoms with E-state index in [9.17, 15) is 9.59 Å². The van der Waals surface area contributed by atoms with Crippen molar-refractivity contribution in [2.75, 3.05) is 6.54 Å². The summed E-state index contributed by atoms with van der Waals surface area (Å²) in [6.07, 6.45) is 4.96.